The van der Waals surface area contributed by atoms with Gasteiger partial charge in [0.25, 0.3) is 0 Å². The molecule has 3 nitrogen and oxygen atoms in total. The lowest BCUT2D eigenvalue weighted by atomic mass is 10.1. The molecule has 0 radical (unpaired) electrons. The van der Waals surface area contributed by atoms with Crippen LogP contribution in [0.3, 0.4) is 0 Å². The van der Waals surface area contributed by atoms with Crippen LogP contribution in [0.5, 0.6) is 0 Å². The fourth-order valence-corrected chi connectivity index (χ4v) is 1.86. The van der Waals surface area contributed by atoms with E-state index in [4.69, 9.17) is 5.41 Å². The Kier molecular flexibility index (Phi) is 5.69. The molecule has 21 heavy (non-hydrogen) atoms. The third-order valence-electron chi connectivity index (χ3n) is 2.86. The van der Waals surface area contributed by atoms with Gasteiger partial charge in [0.1, 0.15) is 0 Å². The van der Waals surface area contributed by atoms with E-state index >= 15 is 0 Å². The third-order valence-corrected chi connectivity index (χ3v) is 2.86. The van der Waals surface area contributed by atoms with Gasteiger partial charge in [-0.3, -0.25) is 4.99 Å². The van der Waals surface area contributed by atoms with Crippen molar-refractivity contribution < 1.29 is 13.2 Å². The van der Waals surface area contributed by atoms with Crippen molar-refractivity contribution in [3.8, 4) is 0 Å². The summed E-state index contributed by atoms with van der Waals surface area (Å²) in [4.78, 5) is 4.20. The molecular weight excluding hydrogens is 279 g/mol. The second kappa shape index (κ2) is 7.06. The molecule has 0 unspecified atom stereocenters. The second-order valence-electron chi connectivity index (χ2n) is 4.45. The Morgan fingerprint density at radius 2 is 2.00 bits per heavy atom. The minimum absolute atomic E-state index is 0.325. The Hall–Kier alpha value is -2.11. The lowest BCUT2D eigenvalue weighted by Gasteiger charge is -2.13. The van der Waals surface area contributed by atoms with Crippen LogP contribution in [-0.4, -0.2) is 18.5 Å². The zero-order valence-electron chi connectivity index (χ0n) is 12.2. The number of benzene rings is 1. The van der Waals surface area contributed by atoms with Crippen LogP contribution in [0.15, 0.2) is 40.5 Å². The number of anilines is 1. The summed E-state index contributed by atoms with van der Waals surface area (Å²) in [6, 6.07) is 4.95. The van der Waals surface area contributed by atoms with Gasteiger partial charge in [0.2, 0.25) is 0 Å². The summed E-state index contributed by atoms with van der Waals surface area (Å²) >= 11 is 0. The molecule has 0 aliphatic carbocycles. The SMILES string of the molecule is CC/N=C(C)\C(C=N)=C(/C)Nc1cccc(C(F)(F)F)c1. The van der Waals surface area contributed by atoms with Crippen molar-refractivity contribution in [2.75, 3.05) is 11.9 Å². The van der Waals surface area contributed by atoms with Crippen molar-refractivity contribution in [1.82, 2.24) is 0 Å². The summed E-state index contributed by atoms with van der Waals surface area (Å²) in [6.45, 7) is 5.93. The number of halogens is 3. The molecule has 0 aliphatic heterocycles. The van der Waals surface area contributed by atoms with Crippen LogP contribution in [0.1, 0.15) is 26.3 Å². The van der Waals surface area contributed by atoms with Gasteiger partial charge in [-0.15, -0.1) is 0 Å². The Morgan fingerprint density at radius 3 is 2.52 bits per heavy atom. The molecule has 114 valence electrons. The minimum Gasteiger partial charge on any atom is -0.359 e. The van der Waals surface area contributed by atoms with Crippen LogP contribution < -0.4 is 5.32 Å². The average molecular weight is 297 g/mol. The summed E-state index contributed by atoms with van der Waals surface area (Å²) < 4.78 is 38.0. The lowest BCUT2D eigenvalue weighted by Crippen LogP contribution is -2.09. The molecule has 2 N–H and O–H groups in total. The molecule has 0 atom stereocenters. The summed E-state index contributed by atoms with van der Waals surface area (Å²) in [6.07, 6.45) is -3.23. The zero-order valence-corrected chi connectivity index (χ0v) is 12.2. The lowest BCUT2D eigenvalue weighted by molar-refractivity contribution is -0.137. The van der Waals surface area contributed by atoms with E-state index in [2.05, 4.69) is 10.3 Å². The standard InChI is InChI=1S/C15H18F3N3/c1-4-20-10(2)14(9-19)11(3)21-13-7-5-6-12(8-13)15(16,17)18/h5-9,19,21H,4H2,1-3H3/b14-11+,19-9?,20-10-. The van der Waals surface area contributed by atoms with Gasteiger partial charge in [0.05, 0.1) is 5.56 Å². The Morgan fingerprint density at radius 1 is 1.33 bits per heavy atom. The molecule has 1 rings (SSSR count). The van der Waals surface area contributed by atoms with E-state index in [1.807, 2.05) is 6.92 Å². The van der Waals surface area contributed by atoms with Gasteiger partial charge in [-0.1, -0.05) is 6.07 Å². The molecular formula is C15H18F3N3. The van der Waals surface area contributed by atoms with Crippen LogP contribution in [0, 0.1) is 5.41 Å². The average Bonchev–Trinajstić information content (AvgIpc) is 2.39. The number of alkyl halides is 3. The summed E-state index contributed by atoms with van der Waals surface area (Å²) in [5, 5.41) is 10.3. The van der Waals surface area contributed by atoms with E-state index in [1.165, 1.54) is 6.07 Å². The van der Waals surface area contributed by atoms with Crippen molar-refractivity contribution in [1.29, 1.82) is 5.41 Å². The predicted octanol–water partition coefficient (Wildman–Crippen LogP) is 4.52. The fraction of sp³-hybridized carbons (Fsp3) is 0.333. The predicted molar refractivity (Wildman–Crippen MR) is 80.2 cm³/mol. The highest BCUT2D eigenvalue weighted by molar-refractivity contribution is 6.15. The van der Waals surface area contributed by atoms with E-state index < -0.39 is 11.7 Å². The molecule has 1 aromatic rings. The van der Waals surface area contributed by atoms with Crippen LogP contribution in [0.25, 0.3) is 0 Å². The van der Waals surface area contributed by atoms with E-state index in [1.54, 1.807) is 19.9 Å². The van der Waals surface area contributed by atoms with Gasteiger partial charge in [-0.25, -0.2) is 0 Å². The summed E-state index contributed by atoms with van der Waals surface area (Å²) in [5.74, 6) is 0. The number of allylic oxidation sites excluding steroid dienone is 2. The maximum Gasteiger partial charge on any atom is 0.416 e. The van der Waals surface area contributed by atoms with Crippen molar-refractivity contribution in [2.45, 2.75) is 26.9 Å². The molecule has 0 saturated heterocycles. The molecule has 0 saturated carbocycles. The summed E-state index contributed by atoms with van der Waals surface area (Å²) in [5.41, 5.74) is 1.43. The van der Waals surface area contributed by atoms with Crippen molar-refractivity contribution in [3.63, 3.8) is 0 Å². The van der Waals surface area contributed by atoms with Gasteiger partial charge < -0.3 is 10.7 Å². The van der Waals surface area contributed by atoms with Crippen LogP contribution in [0.4, 0.5) is 18.9 Å². The molecule has 0 heterocycles. The Balaban J connectivity index is 3.09. The number of hydrogen-bond donors (Lipinski definition) is 2. The quantitative estimate of drug-likeness (QED) is 0.771. The number of nitrogens with one attached hydrogen (secondary N) is 2. The van der Waals surface area contributed by atoms with Crippen molar-refractivity contribution >= 4 is 17.6 Å². The minimum atomic E-state index is -4.38. The first-order chi connectivity index (χ1) is 9.79. The van der Waals surface area contributed by atoms with Crippen molar-refractivity contribution in [3.05, 3.63) is 41.1 Å². The molecule has 0 bridgehead atoms. The van der Waals surface area contributed by atoms with Crippen molar-refractivity contribution in [2.24, 2.45) is 4.99 Å². The van der Waals surface area contributed by atoms with E-state index in [0.29, 0.717) is 29.2 Å². The fourth-order valence-electron chi connectivity index (χ4n) is 1.86. The zero-order chi connectivity index (χ0) is 16.0. The van der Waals surface area contributed by atoms with E-state index in [9.17, 15) is 13.2 Å². The normalized spacial score (nSPS) is 13.7. The molecule has 1 aromatic carbocycles. The first kappa shape index (κ1) is 16.9. The van der Waals surface area contributed by atoms with Crippen LogP contribution in [0.2, 0.25) is 0 Å². The Bertz CT molecular complexity index is 572. The monoisotopic (exact) mass is 297 g/mol. The highest BCUT2D eigenvalue weighted by atomic mass is 19.4. The van der Waals surface area contributed by atoms with Gasteiger partial charge in [0, 0.05) is 35.4 Å². The number of rotatable bonds is 5. The van der Waals surface area contributed by atoms with Crippen LogP contribution in [-0.2, 0) is 6.18 Å². The first-order valence-electron chi connectivity index (χ1n) is 6.46. The number of nitrogens with zero attached hydrogens (tertiary/aromatic N) is 1. The highest BCUT2D eigenvalue weighted by Crippen LogP contribution is 2.31. The van der Waals surface area contributed by atoms with Gasteiger partial charge in [-0.05, 0) is 39.0 Å². The third kappa shape index (κ3) is 4.73. The first-order valence-corrected chi connectivity index (χ1v) is 6.46. The molecule has 0 amide bonds. The topological polar surface area (TPSA) is 48.2 Å². The van der Waals surface area contributed by atoms with E-state index in [-0.39, 0.29) is 0 Å². The largest absolute Gasteiger partial charge is 0.416 e. The maximum absolute atomic E-state index is 12.7. The maximum atomic E-state index is 12.7. The second-order valence-corrected chi connectivity index (χ2v) is 4.45. The van der Waals surface area contributed by atoms with Crippen LogP contribution >= 0.6 is 0 Å². The Labute approximate surface area is 122 Å². The van der Waals surface area contributed by atoms with Gasteiger partial charge in [0.15, 0.2) is 0 Å². The smallest absolute Gasteiger partial charge is 0.359 e. The number of hydrogen-bond acceptors (Lipinski definition) is 3. The van der Waals surface area contributed by atoms with Gasteiger partial charge >= 0.3 is 6.18 Å². The van der Waals surface area contributed by atoms with E-state index in [0.717, 1.165) is 18.3 Å². The molecule has 0 aliphatic rings. The molecule has 0 fully saturated rings. The molecule has 0 spiro atoms. The highest BCUT2D eigenvalue weighted by Gasteiger charge is 2.30. The molecule has 0 aromatic heterocycles. The molecule has 6 heteroatoms. The number of aliphatic imine (C=N–C) groups is 1. The summed E-state index contributed by atoms with van der Waals surface area (Å²) in [7, 11) is 0. The van der Waals surface area contributed by atoms with Gasteiger partial charge in [-0.2, -0.15) is 13.2 Å².